The van der Waals surface area contributed by atoms with Gasteiger partial charge in [-0.2, -0.15) is 0 Å². The number of carboxylic acid groups (broad SMARTS) is 2. The van der Waals surface area contributed by atoms with E-state index in [1.807, 2.05) is 0 Å². The Labute approximate surface area is 148 Å². The molecular formula is C17H33LiO4. The predicted molar refractivity (Wildman–Crippen MR) is 85.6 cm³/mol. The van der Waals surface area contributed by atoms with Crippen molar-refractivity contribution in [1.29, 1.82) is 0 Å². The summed E-state index contributed by atoms with van der Waals surface area (Å²) < 4.78 is 0. The Kier molecular flexibility index (Phi) is 15.3. The Bertz CT molecular complexity index is 297. The van der Waals surface area contributed by atoms with E-state index < -0.39 is 17.4 Å². The van der Waals surface area contributed by atoms with Crippen molar-refractivity contribution in [3.8, 4) is 0 Å². The summed E-state index contributed by atoms with van der Waals surface area (Å²) in [5.41, 5.74) is -1.58. The van der Waals surface area contributed by atoms with Gasteiger partial charge in [0.2, 0.25) is 0 Å². The van der Waals surface area contributed by atoms with Crippen molar-refractivity contribution in [2.24, 2.45) is 5.41 Å². The van der Waals surface area contributed by atoms with Crippen LogP contribution in [0.25, 0.3) is 0 Å². The topological polar surface area (TPSA) is 74.6 Å². The molecule has 0 aliphatic rings. The zero-order valence-corrected chi connectivity index (χ0v) is 14.7. The SMILES string of the molecule is CCCCCCCCCCCCC(CC)(C(=O)O)C(=O)O.[H-].[Li+]. The fourth-order valence-corrected chi connectivity index (χ4v) is 2.70. The van der Waals surface area contributed by atoms with Crippen LogP contribution in [-0.4, -0.2) is 22.2 Å². The molecule has 2 N–H and O–H groups in total. The molecule has 0 atom stereocenters. The van der Waals surface area contributed by atoms with Gasteiger partial charge in [-0.05, 0) is 12.8 Å². The molecule has 0 saturated carbocycles. The fourth-order valence-electron chi connectivity index (χ4n) is 2.70. The van der Waals surface area contributed by atoms with Gasteiger partial charge in [-0.1, -0.05) is 78.1 Å². The molecule has 4 nitrogen and oxygen atoms in total. The molecule has 0 rings (SSSR count). The van der Waals surface area contributed by atoms with Crippen LogP contribution in [-0.2, 0) is 9.59 Å². The molecule has 126 valence electrons. The second-order valence-corrected chi connectivity index (χ2v) is 5.98. The monoisotopic (exact) mass is 308 g/mol. The first-order chi connectivity index (χ1) is 10.0. The van der Waals surface area contributed by atoms with Crippen LogP contribution in [0.3, 0.4) is 0 Å². The molecule has 0 aromatic rings. The summed E-state index contributed by atoms with van der Waals surface area (Å²) in [6.07, 6.45) is 12.0. The zero-order valence-electron chi connectivity index (χ0n) is 15.7. The number of hydrogen-bond donors (Lipinski definition) is 2. The quantitative estimate of drug-likeness (QED) is 0.292. The van der Waals surface area contributed by atoms with Gasteiger partial charge in [-0.15, -0.1) is 0 Å². The molecule has 0 fully saturated rings. The summed E-state index contributed by atoms with van der Waals surface area (Å²) in [5.74, 6) is -2.40. The smallest absolute Gasteiger partial charge is 1.00 e. The van der Waals surface area contributed by atoms with E-state index in [-0.39, 0.29) is 33.1 Å². The summed E-state index contributed by atoms with van der Waals surface area (Å²) in [4.78, 5) is 22.4. The third-order valence-corrected chi connectivity index (χ3v) is 4.38. The second kappa shape index (κ2) is 14.2. The summed E-state index contributed by atoms with van der Waals surface area (Å²) >= 11 is 0. The van der Waals surface area contributed by atoms with Gasteiger partial charge in [-0.25, -0.2) is 0 Å². The Balaban J connectivity index is -0.00000200. The van der Waals surface area contributed by atoms with E-state index in [4.69, 9.17) is 10.2 Å². The zero-order chi connectivity index (χ0) is 16.1. The van der Waals surface area contributed by atoms with Crippen molar-refractivity contribution < 1.29 is 40.1 Å². The number of carbonyl (C=O) groups is 2. The molecule has 0 amide bonds. The number of unbranched alkanes of at least 4 members (excludes halogenated alkanes) is 9. The van der Waals surface area contributed by atoms with Gasteiger partial charge >= 0.3 is 30.8 Å². The Morgan fingerprint density at radius 1 is 0.773 bits per heavy atom. The summed E-state index contributed by atoms with van der Waals surface area (Å²) in [6, 6.07) is 0. The molecule has 0 bridgehead atoms. The third kappa shape index (κ3) is 8.85. The molecule has 0 spiro atoms. The molecule has 0 radical (unpaired) electrons. The minimum absolute atomic E-state index is 0. The van der Waals surface area contributed by atoms with E-state index in [9.17, 15) is 9.59 Å². The molecule has 0 aliphatic heterocycles. The summed E-state index contributed by atoms with van der Waals surface area (Å²) in [6.45, 7) is 3.85. The van der Waals surface area contributed by atoms with Crippen molar-refractivity contribution in [3.63, 3.8) is 0 Å². The molecule has 5 heteroatoms. The Morgan fingerprint density at radius 2 is 1.14 bits per heavy atom. The molecule has 0 heterocycles. The molecule has 0 unspecified atom stereocenters. The van der Waals surface area contributed by atoms with Crippen LogP contribution in [0.1, 0.15) is 92.3 Å². The molecule has 0 aromatic heterocycles. The van der Waals surface area contributed by atoms with Gasteiger partial charge in [0.15, 0.2) is 5.41 Å². The Morgan fingerprint density at radius 3 is 1.45 bits per heavy atom. The first-order valence-corrected chi connectivity index (χ1v) is 8.48. The number of aliphatic carboxylic acids is 2. The third-order valence-electron chi connectivity index (χ3n) is 4.38. The maximum atomic E-state index is 11.2. The standard InChI is InChI=1S/C17H32O4.Li.H/c1-3-5-6-7-8-9-10-11-12-13-14-17(4-2,15(18)19)16(20)21;;/h3-14H2,1-2H3,(H,18,19)(H,20,21);;/q;+1;-1. The van der Waals surface area contributed by atoms with Gasteiger partial charge in [0.1, 0.15) is 0 Å². The van der Waals surface area contributed by atoms with Crippen LogP contribution in [0, 0.1) is 5.41 Å². The van der Waals surface area contributed by atoms with Crippen LogP contribution in [0.15, 0.2) is 0 Å². The summed E-state index contributed by atoms with van der Waals surface area (Å²) in [7, 11) is 0. The minimum atomic E-state index is -1.58. The second-order valence-electron chi connectivity index (χ2n) is 5.98. The van der Waals surface area contributed by atoms with Gasteiger partial charge in [-0.3, -0.25) is 9.59 Å². The molecule has 0 saturated heterocycles. The van der Waals surface area contributed by atoms with E-state index in [2.05, 4.69) is 6.92 Å². The van der Waals surface area contributed by atoms with E-state index in [1.165, 1.54) is 44.9 Å². The summed E-state index contributed by atoms with van der Waals surface area (Å²) in [5, 5.41) is 18.3. The van der Waals surface area contributed by atoms with Gasteiger partial charge in [0.25, 0.3) is 0 Å². The molecular weight excluding hydrogens is 275 g/mol. The van der Waals surface area contributed by atoms with Crippen LogP contribution >= 0.6 is 0 Å². The van der Waals surface area contributed by atoms with E-state index >= 15 is 0 Å². The molecule has 0 aliphatic carbocycles. The average molecular weight is 308 g/mol. The van der Waals surface area contributed by atoms with Crippen LogP contribution in [0.4, 0.5) is 0 Å². The number of rotatable bonds is 14. The van der Waals surface area contributed by atoms with Crippen molar-refractivity contribution in [1.82, 2.24) is 0 Å². The van der Waals surface area contributed by atoms with Crippen LogP contribution in [0.5, 0.6) is 0 Å². The number of hydrogen-bond acceptors (Lipinski definition) is 2. The molecule has 22 heavy (non-hydrogen) atoms. The fraction of sp³-hybridized carbons (Fsp3) is 0.882. The van der Waals surface area contributed by atoms with E-state index in [0.29, 0.717) is 6.42 Å². The van der Waals surface area contributed by atoms with E-state index in [1.54, 1.807) is 6.92 Å². The predicted octanol–water partition coefficient (Wildman–Crippen LogP) is 1.98. The van der Waals surface area contributed by atoms with Gasteiger partial charge < -0.3 is 11.6 Å². The van der Waals surface area contributed by atoms with Crippen molar-refractivity contribution in [2.75, 3.05) is 0 Å². The van der Waals surface area contributed by atoms with Crippen LogP contribution in [0.2, 0.25) is 0 Å². The first-order valence-electron chi connectivity index (χ1n) is 8.48. The number of carboxylic acids is 2. The largest absolute Gasteiger partial charge is 1.00 e. The van der Waals surface area contributed by atoms with Crippen molar-refractivity contribution >= 4 is 11.9 Å². The van der Waals surface area contributed by atoms with Gasteiger partial charge in [0.05, 0.1) is 0 Å². The van der Waals surface area contributed by atoms with E-state index in [0.717, 1.165) is 12.8 Å². The maximum absolute atomic E-state index is 11.2. The first kappa shape index (κ1) is 23.8. The molecule has 0 aromatic carbocycles. The van der Waals surface area contributed by atoms with Gasteiger partial charge in [0, 0.05) is 0 Å². The average Bonchev–Trinajstić information content (AvgIpc) is 2.44. The minimum Gasteiger partial charge on any atom is -1.00 e. The van der Waals surface area contributed by atoms with Crippen LogP contribution < -0.4 is 18.9 Å². The Hall–Kier alpha value is -0.463. The van der Waals surface area contributed by atoms with Crippen molar-refractivity contribution in [3.05, 3.63) is 0 Å². The maximum Gasteiger partial charge on any atom is 1.00 e. The van der Waals surface area contributed by atoms with Crippen molar-refractivity contribution in [2.45, 2.75) is 90.9 Å². The normalized spacial score (nSPS) is 11.0.